The lowest BCUT2D eigenvalue weighted by Crippen LogP contribution is -2.46. The molecule has 1 fully saturated rings. The molecule has 286 valence electrons. The molecule has 18 heteroatoms. The van der Waals surface area contributed by atoms with E-state index >= 15 is 0 Å². The highest BCUT2D eigenvalue weighted by Crippen LogP contribution is 2.18. The Kier molecular flexibility index (Phi) is 23.8. The van der Waals surface area contributed by atoms with Gasteiger partial charge in [-0.3, -0.25) is 24.1 Å². The summed E-state index contributed by atoms with van der Waals surface area (Å²) in [6.45, 7) is 6.38. The average molecular weight is 720 g/mol. The fraction of sp³-hybridized carbons (Fsp3) is 0.781. The fourth-order valence-electron chi connectivity index (χ4n) is 4.43. The number of hydrogen-bond donors (Lipinski definition) is 2. The minimum Gasteiger partial charge on any atom is -0.382 e. The minimum atomic E-state index is -1.25. The molecule has 1 saturated heterocycles. The van der Waals surface area contributed by atoms with Gasteiger partial charge in [-0.1, -0.05) is 0 Å². The van der Waals surface area contributed by atoms with Gasteiger partial charge in [-0.05, 0) is 19.3 Å². The summed E-state index contributed by atoms with van der Waals surface area (Å²) in [4.78, 5) is 66.9. The molecule has 2 aliphatic rings. The Morgan fingerprint density at radius 1 is 0.740 bits per heavy atom. The van der Waals surface area contributed by atoms with Crippen molar-refractivity contribution in [2.75, 3.05) is 113 Å². The predicted octanol–water partition coefficient (Wildman–Crippen LogP) is -0.882. The van der Waals surface area contributed by atoms with Crippen molar-refractivity contribution in [3.05, 3.63) is 12.2 Å². The van der Waals surface area contributed by atoms with Gasteiger partial charge in [0, 0.05) is 45.1 Å². The molecule has 2 heterocycles. The molecule has 0 radical (unpaired) electrons. The van der Waals surface area contributed by atoms with Crippen LogP contribution in [0.3, 0.4) is 0 Å². The van der Waals surface area contributed by atoms with Crippen molar-refractivity contribution in [2.24, 2.45) is 0 Å². The Morgan fingerprint density at radius 2 is 1.20 bits per heavy atom. The zero-order chi connectivity index (χ0) is 36.2. The van der Waals surface area contributed by atoms with Crippen molar-refractivity contribution >= 4 is 29.6 Å². The van der Waals surface area contributed by atoms with Crippen molar-refractivity contribution in [2.45, 2.75) is 50.8 Å². The molecule has 2 atom stereocenters. The Balaban J connectivity index is 1.46. The van der Waals surface area contributed by atoms with E-state index < -0.39 is 41.9 Å². The van der Waals surface area contributed by atoms with Gasteiger partial charge in [-0.25, -0.2) is 4.79 Å². The highest BCUT2D eigenvalue weighted by atomic mass is 16.7. The number of nitrogens with one attached hydrogen (secondary N) is 1. The normalized spacial score (nSPS) is 16.5. The number of aliphatic hydroxyl groups excluding tert-OH is 1. The van der Waals surface area contributed by atoms with Crippen LogP contribution in [0.2, 0.25) is 0 Å². The van der Waals surface area contributed by atoms with E-state index in [0.29, 0.717) is 104 Å². The molecule has 0 saturated carbocycles. The summed E-state index contributed by atoms with van der Waals surface area (Å²) in [6, 6.07) is -1.12. The van der Waals surface area contributed by atoms with Gasteiger partial charge in [0.15, 0.2) is 6.23 Å². The largest absolute Gasteiger partial charge is 0.382 e. The van der Waals surface area contributed by atoms with Crippen LogP contribution in [0.25, 0.3) is 0 Å². The monoisotopic (exact) mass is 719 g/mol. The molecular formula is C32H53N3O15. The number of hydroxylamine groups is 2. The number of ether oxygens (including phenoxy) is 8. The maximum absolute atomic E-state index is 12.8. The Hall–Kier alpha value is -3.07. The first-order chi connectivity index (χ1) is 24.3. The van der Waals surface area contributed by atoms with Gasteiger partial charge in [0.25, 0.3) is 17.7 Å². The lowest BCUT2D eigenvalue weighted by molar-refractivity contribution is -0.222. The first-order valence-corrected chi connectivity index (χ1v) is 16.9. The molecule has 0 aliphatic carbocycles. The van der Waals surface area contributed by atoms with E-state index in [1.54, 1.807) is 7.11 Å². The van der Waals surface area contributed by atoms with E-state index in [4.69, 9.17) is 42.7 Å². The van der Waals surface area contributed by atoms with E-state index in [1.165, 1.54) is 12.2 Å². The number of methoxy groups -OCH3 is 1. The summed E-state index contributed by atoms with van der Waals surface area (Å²) in [7, 11) is 1.62. The van der Waals surface area contributed by atoms with Gasteiger partial charge in [-0.2, -0.15) is 0 Å². The number of rotatable bonds is 32. The van der Waals surface area contributed by atoms with E-state index in [1.807, 2.05) is 0 Å². The summed E-state index contributed by atoms with van der Waals surface area (Å²) in [6.07, 6.45) is 2.08. The molecular weight excluding hydrogens is 666 g/mol. The van der Waals surface area contributed by atoms with Crippen LogP contribution in [0, 0.1) is 0 Å². The second-order valence-electron chi connectivity index (χ2n) is 11.0. The number of carbonyl (C=O) groups excluding carboxylic acids is 5. The molecule has 2 rings (SSSR count). The first kappa shape index (κ1) is 43.1. The highest BCUT2D eigenvalue weighted by Gasteiger charge is 2.35. The van der Waals surface area contributed by atoms with Crippen LogP contribution in [0.1, 0.15) is 38.5 Å². The molecule has 0 bridgehead atoms. The number of nitrogens with zero attached hydrogens (tertiary/aromatic N) is 2. The van der Waals surface area contributed by atoms with Gasteiger partial charge in [0.05, 0.1) is 99.1 Å². The van der Waals surface area contributed by atoms with Crippen LogP contribution in [0.4, 0.5) is 0 Å². The zero-order valence-corrected chi connectivity index (χ0v) is 28.9. The first-order valence-electron chi connectivity index (χ1n) is 16.9. The van der Waals surface area contributed by atoms with Crippen LogP contribution in [0.5, 0.6) is 0 Å². The standard InChI is InChI=1S/C32H53N3O15/c1-42-12-13-44-16-17-46-20-21-48-24-25-49-23-22-47-19-18-45-15-14-43-11-9-27(36)33-26(32(41)50-35-30(39)7-8-31(35)40)4-2-3-10-34-28(37)5-6-29(34)38/h5-6,26,30,39H,2-4,7-25H2,1H3,(H,33,36)/t26-,30?/m0/s1. The smallest absolute Gasteiger partial charge is 0.354 e. The van der Waals surface area contributed by atoms with E-state index in [2.05, 4.69) is 5.32 Å². The molecule has 1 unspecified atom stereocenters. The predicted molar refractivity (Wildman–Crippen MR) is 172 cm³/mol. The number of amides is 4. The highest BCUT2D eigenvalue weighted by molar-refractivity contribution is 6.12. The van der Waals surface area contributed by atoms with E-state index in [-0.39, 0.29) is 45.4 Å². The Bertz CT molecular complexity index is 1010. The second kappa shape index (κ2) is 27.6. The molecule has 0 aromatic heterocycles. The second-order valence-corrected chi connectivity index (χ2v) is 11.0. The molecule has 50 heavy (non-hydrogen) atoms. The number of unbranched alkanes of at least 4 members (excludes halogenated alkanes) is 1. The van der Waals surface area contributed by atoms with E-state index in [9.17, 15) is 29.1 Å². The molecule has 4 amide bonds. The number of carbonyl (C=O) groups is 5. The SMILES string of the molecule is COCCOCCOCCOCCOCCOCCOCCOCCC(=O)N[C@@H](CCCCN1C(=O)C=CC1=O)C(=O)ON1C(=O)CCC1O. The van der Waals surface area contributed by atoms with Gasteiger partial charge < -0.3 is 53.2 Å². The van der Waals surface area contributed by atoms with Crippen LogP contribution in [-0.4, -0.2) is 170 Å². The summed E-state index contributed by atoms with van der Waals surface area (Å²) < 4.78 is 42.7. The van der Waals surface area contributed by atoms with Crippen LogP contribution in [0.15, 0.2) is 12.2 Å². The van der Waals surface area contributed by atoms with Gasteiger partial charge in [-0.15, -0.1) is 5.06 Å². The summed E-state index contributed by atoms with van der Waals surface area (Å²) in [5.41, 5.74) is 0. The fourth-order valence-corrected chi connectivity index (χ4v) is 4.43. The maximum Gasteiger partial charge on any atom is 0.354 e. The Labute approximate surface area is 292 Å². The molecule has 0 spiro atoms. The third kappa shape index (κ3) is 19.4. The van der Waals surface area contributed by atoms with Crippen LogP contribution in [-0.2, 0) is 66.7 Å². The molecule has 2 aliphatic heterocycles. The van der Waals surface area contributed by atoms with Crippen molar-refractivity contribution in [3.8, 4) is 0 Å². The maximum atomic E-state index is 12.8. The van der Waals surface area contributed by atoms with Gasteiger partial charge in [0.1, 0.15) is 6.04 Å². The minimum absolute atomic E-state index is 0.0306. The zero-order valence-electron chi connectivity index (χ0n) is 28.9. The number of imide groups is 1. The van der Waals surface area contributed by atoms with Crippen molar-refractivity contribution in [1.82, 2.24) is 15.3 Å². The van der Waals surface area contributed by atoms with Crippen LogP contribution >= 0.6 is 0 Å². The summed E-state index contributed by atoms with van der Waals surface area (Å²) in [5, 5.41) is 13.1. The van der Waals surface area contributed by atoms with Crippen LogP contribution < -0.4 is 5.32 Å². The average Bonchev–Trinajstić information content (AvgIpc) is 3.60. The third-order valence-corrected chi connectivity index (χ3v) is 7.10. The van der Waals surface area contributed by atoms with E-state index in [0.717, 1.165) is 4.90 Å². The number of aliphatic hydroxyl groups is 1. The van der Waals surface area contributed by atoms with Crippen molar-refractivity contribution in [3.63, 3.8) is 0 Å². The topological polar surface area (TPSA) is 207 Å². The quantitative estimate of drug-likeness (QED) is 0.0640. The Morgan fingerprint density at radius 3 is 1.64 bits per heavy atom. The lowest BCUT2D eigenvalue weighted by atomic mass is 10.1. The van der Waals surface area contributed by atoms with Gasteiger partial charge in [0.2, 0.25) is 5.91 Å². The molecule has 0 aromatic rings. The van der Waals surface area contributed by atoms with Crippen molar-refractivity contribution < 1.29 is 71.8 Å². The molecule has 2 N–H and O–H groups in total. The van der Waals surface area contributed by atoms with Gasteiger partial charge >= 0.3 is 5.97 Å². The number of hydrogen-bond acceptors (Lipinski definition) is 15. The van der Waals surface area contributed by atoms with Crippen molar-refractivity contribution in [1.29, 1.82) is 0 Å². The molecule has 18 nitrogen and oxygen atoms in total. The molecule has 0 aromatic carbocycles. The third-order valence-electron chi connectivity index (χ3n) is 7.10. The summed E-state index contributed by atoms with van der Waals surface area (Å²) in [5.74, 6) is -2.75. The lowest BCUT2D eigenvalue weighted by Gasteiger charge is -2.23. The summed E-state index contributed by atoms with van der Waals surface area (Å²) >= 11 is 0.